The van der Waals surface area contributed by atoms with E-state index < -0.39 is 11.9 Å². The number of hydrogen-bond donors (Lipinski definition) is 3. The highest BCUT2D eigenvalue weighted by molar-refractivity contribution is 6.27. The van der Waals surface area contributed by atoms with E-state index in [2.05, 4.69) is 37.1 Å². The van der Waals surface area contributed by atoms with Gasteiger partial charge in [-0.2, -0.15) is 0 Å². The Labute approximate surface area is 194 Å². The minimum Gasteiger partial charge on any atom is -0.497 e. The Bertz CT molecular complexity index is 825. The largest absolute Gasteiger partial charge is 0.497 e. The lowest BCUT2D eigenvalue weighted by molar-refractivity contribution is -0.159. The van der Waals surface area contributed by atoms with Gasteiger partial charge in [0, 0.05) is 37.4 Å². The lowest BCUT2D eigenvalue weighted by atomic mass is 9.80. The molecule has 1 aromatic rings. The summed E-state index contributed by atoms with van der Waals surface area (Å²) in [4.78, 5) is 35.6. The molecule has 2 aliphatic rings. The molecule has 1 fully saturated rings. The maximum absolute atomic E-state index is 13.1. The van der Waals surface area contributed by atoms with Crippen LogP contribution >= 0.6 is 0 Å². The van der Waals surface area contributed by atoms with Crippen molar-refractivity contribution < 1.29 is 34.1 Å². The number of amides is 1. The van der Waals surface area contributed by atoms with Crippen molar-refractivity contribution in [3.05, 3.63) is 23.8 Å². The summed E-state index contributed by atoms with van der Waals surface area (Å²) < 4.78 is 10.8. The Kier molecular flexibility index (Phi) is 9.63. The smallest absolute Gasteiger partial charge is 0.414 e. The van der Waals surface area contributed by atoms with Crippen LogP contribution in [0.1, 0.15) is 38.7 Å². The van der Waals surface area contributed by atoms with Gasteiger partial charge in [-0.15, -0.1) is 0 Å². The fraction of sp³-hybridized carbons (Fsp3) is 0.609. The number of benzene rings is 1. The molecule has 2 heterocycles. The van der Waals surface area contributed by atoms with Gasteiger partial charge in [-0.3, -0.25) is 9.69 Å². The third-order valence-corrected chi connectivity index (χ3v) is 5.83. The molecule has 1 unspecified atom stereocenters. The number of carbonyl (C=O) groups excluding carboxylic acids is 1. The van der Waals surface area contributed by atoms with Gasteiger partial charge in [-0.25, -0.2) is 9.59 Å². The highest BCUT2D eigenvalue weighted by Gasteiger charge is 2.39. The van der Waals surface area contributed by atoms with E-state index in [1.807, 2.05) is 17.0 Å². The standard InChI is InChI=1S/C21H33N3O3.C2H2O4/c1-16-14-21(2,3)24(19-6-5-17(26-4)13-18(16)19)20(25)15-22-7-8-23-9-11-27-12-10-23;3-1(4)2(5)6/h5-6,13,16,22H,7-12,14-15H2,1-4H3;(H,3,4)(H,5,6). The normalized spacial score (nSPS) is 19.6. The van der Waals surface area contributed by atoms with Crippen molar-refractivity contribution in [2.24, 2.45) is 0 Å². The van der Waals surface area contributed by atoms with E-state index >= 15 is 0 Å². The van der Waals surface area contributed by atoms with Gasteiger partial charge in [0.15, 0.2) is 0 Å². The van der Waals surface area contributed by atoms with Gasteiger partial charge in [0.1, 0.15) is 5.75 Å². The van der Waals surface area contributed by atoms with Gasteiger partial charge in [0.25, 0.3) is 0 Å². The monoisotopic (exact) mass is 465 g/mol. The maximum atomic E-state index is 13.1. The number of anilines is 1. The van der Waals surface area contributed by atoms with Gasteiger partial charge in [0.2, 0.25) is 5.91 Å². The summed E-state index contributed by atoms with van der Waals surface area (Å²) in [6, 6.07) is 6.04. The molecule has 10 nitrogen and oxygen atoms in total. The molecule has 1 atom stereocenters. The molecule has 0 bridgehead atoms. The van der Waals surface area contributed by atoms with Crippen LogP contribution in [0.5, 0.6) is 5.75 Å². The first-order valence-electron chi connectivity index (χ1n) is 11.0. The Morgan fingerprint density at radius 1 is 1.18 bits per heavy atom. The molecule has 0 spiro atoms. The quantitative estimate of drug-likeness (QED) is 0.422. The van der Waals surface area contributed by atoms with Gasteiger partial charge < -0.3 is 29.9 Å². The average molecular weight is 466 g/mol. The summed E-state index contributed by atoms with van der Waals surface area (Å²) in [7, 11) is 1.68. The fourth-order valence-corrected chi connectivity index (χ4v) is 4.34. The third kappa shape index (κ3) is 7.41. The number of carbonyl (C=O) groups is 3. The molecule has 0 radical (unpaired) electrons. The number of ether oxygens (including phenoxy) is 2. The zero-order chi connectivity index (χ0) is 24.6. The van der Waals surface area contributed by atoms with E-state index in [1.165, 1.54) is 5.56 Å². The second kappa shape index (κ2) is 12.0. The third-order valence-electron chi connectivity index (χ3n) is 5.83. The molecule has 1 saturated heterocycles. The summed E-state index contributed by atoms with van der Waals surface area (Å²) in [5, 5.41) is 18.1. The molecule has 0 aliphatic carbocycles. The number of rotatable bonds is 6. The molecule has 1 aromatic carbocycles. The van der Waals surface area contributed by atoms with Gasteiger partial charge in [-0.1, -0.05) is 6.92 Å². The first-order chi connectivity index (χ1) is 15.6. The molecule has 3 rings (SSSR count). The van der Waals surface area contributed by atoms with E-state index in [9.17, 15) is 4.79 Å². The number of fused-ring (bicyclic) bond motifs is 1. The van der Waals surface area contributed by atoms with Crippen LogP contribution in [0.3, 0.4) is 0 Å². The number of hydrogen-bond acceptors (Lipinski definition) is 7. The molecule has 184 valence electrons. The van der Waals surface area contributed by atoms with Crippen molar-refractivity contribution in [2.75, 3.05) is 57.9 Å². The van der Waals surface area contributed by atoms with Crippen molar-refractivity contribution in [1.29, 1.82) is 0 Å². The lowest BCUT2D eigenvalue weighted by Gasteiger charge is -2.46. The Hall–Kier alpha value is -2.69. The zero-order valence-corrected chi connectivity index (χ0v) is 19.8. The molecule has 3 N–H and O–H groups in total. The van der Waals surface area contributed by atoms with Gasteiger partial charge in [-0.05, 0) is 49.9 Å². The van der Waals surface area contributed by atoms with Crippen LogP contribution in [0.2, 0.25) is 0 Å². The number of morpholine rings is 1. The van der Waals surface area contributed by atoms with E-state index in [-0.39, 0.29) is 11.4 Å². The topological polar surface area (TPSA) is 129 Å². The van der Waals surface area contributed by atoms with Crippen LogP contribution in [-0.2, 0) is 19.1 Å². The van der Waals surface area contributed by atoms with Crippen molar-refractivity contribution in [1.82, 2.24) is 10.2 Å². The van der Waals surface area contributed by atoms with Crippen LogP contribution < -0.4 is 15.0 Å². The molecular weight excluding hydrogens is 430 g/mol. The number of carboxylic acid groups (broad SMARTS) is 2. The minimum atomic E-state index is -1.82. The number of methoxy groups -OCH3 is 1. The summed E-state index contributed by atoms with van der Waals surface area (Å²) in [6.45, 7) is 12.2. The lowest BCUT2D eigenvalue weighted by Crippen LogP contribution is -2.54. The number of nitrogens with one attached hydrogen (secondary N) is 1. The van der Waals surface area contributed by atoms with Crippen molar-refractivity contribution in [3.8, 4) is 5.75 Å². The first-order valence-corrected chi connectivity index (χ1v) is 11.0. The zero-order valence-electron chi connectivity index (χ0n) is 19.8. The van der Waals surface area contributed by atoms with Crippen LogP contribution in [0.15, 0.2) is 18.2 Å². The predicted molar refractivity (Wildman–Crippen MR) is 123 cm³/mol. The predicted octanol–water partition coefficient (Wildman–Crippen LogP) is 1.39. The molecular formula is C23H35N3O7. The van der Waals surface area contributed by atoms with E-state index in [0.717, 1.165) is 57.3 Å². The molecule has 0 saturated carbocycles. The average Bonchev–Trinajstić information content (AvgIpc) is 2.77. The van der Waals surface area contributed by atoms with Crippen molar-refractivity contribution in [2.45, 2.75) is 38.6 Å². The van der Waals surface area contributed by atoms with Gasteiger partial charge >= 0.3 is 11.9 Å². The Morgan fingerprint density at radius 3 is 2.39 bits per heavy atom. The highest BCUT2D eigenvalue weighted by Crippen LogP contribution is 2.44. The van der Waals surface area contributed by atoms with Crippen LogP contribution in [-0.4, -0.2) is 91.5 Å². The molecule has 0 aromatic heterocycles. The summed E-state index contributed by atoms with van der Waals surface area (Å²) in [5.41, 5.74) is 2.00. The second-order valence-electron chi connectivity index (χ2n) is 8.81. The molecule has 1 amide bonds. The molecule has 10 heteroatoms. The van der Waals surface area contributed by atoms with Crippen molar-refractivity contribution in [3.63, 3.8) is 0 Å². The maximum Gasteiger partial charge on any atom is 0.414 e. The molecule has 2 aliphatic heterocycles. The number of nitrogens with zero attached hydrogens (tertiary/aromatic N) is 2. The SMILES string of the molecule is COc1ccc2c(c1)C(C)CC(C)(C)N2C(=O)CNCCN1CCOCC1.O=C(O)C(=O)O. The summed E-state index contributed by atoms with van der Waals surface area (Å²) in [5.74, 6) is -2.29. The van der Waals surface area contributed by atoms with E-state index in [4.69, 9.17) is 29.3 Å². The van der Waals surface area contributed by atoms with E-state index in [0.29, 0.717) is 12.5 Å². The van der Waals surface area contributed by atoms with E-state index in [1.54, 1.807) is 7.11 Å². The van der Waals surface area contributed by atoms with Crippen molar-refractivity contribution >= 4 is 23.5 Å². The van der Waals surface area contributed by atoms with Gasteiger partial charge in [0.05, 0.1) is 26.9 Å². The summed E-state index contributed by atoms with van der Waals surface area (Å²) >= 11 is 0. The Morgan fingerprint density at radius 2 is 1.82 bits per heavy atom. The van der Waals surface area contributed by atoms with Crippen LogP contribution in [0.4, 0.5) is 5.69 Å². The van der Waals surface area contributed by atoms with Crippen LogP contribution in [0.25, 0.3) is 0 Å². The summed E-state index contributed by atoms with van der Waals surface area (Å²) in [6.07, 6.45) is 0.937. The first kappa shape index (κ1) is 26.6. The fourth-order valence-electron chi connectivity index (χ4n) is 4.34. The van der Waals surface area contributed by atoms with Crippen LogP contribution in [0, 0.1) is 0 Å². The second-order valence-corrected chi connectivity index (χ2v) is 8.81. The number of aliphatic carboxylic acids is 2. The Balaban J connectivity index is 0.000000569. The minimum absolute atomic E-state index is 0.125. The molecule has 33 heavy (non-hydrogen) atoms. The number of carboxylic acids is 2. The highest BCUT2D eigenvalue weighted by atomic mass is 16.5.